The summed E-state index contributed by atoms with van der Waals surface area (Å²) in [5.74, 6) is -2.38. The van der Waals surface area contributed by atoms with E-state index in [4.69, 9.17) is 15.2 Å². The van der Waals surface area contributed by atoms with Crippen molar-refractivity contribution in [3.8, 4) is 0 Å². The molecule has 0 radical (unpaired) electrons. The Balaban J connectivity index is 3.52. The summed E-state index contributed by atoms with van der Waals surface area (Å²) in [4.78, 5) is 65.9. The van der Waals surface area contributed by atoms with Crippen molar-refractivity contribution >= 4 is 29.8 Å². The van der Waals surface area contributed by atoms with Crippen molar-refractivity contribution in [3.63, 3.8) is 0 Å². The normalized spacial score (nSPS) is 12.5. The lowest BCUT2D eigenvalue weighted by Gasteiger charge is -2.35. The number of rotatable bonds is 17. The summed E-state index contributed by atoms with van der Waals surface area (Å²) in [5.41, 5.74) is 6.98. The van der Waals surface area contributed by atoms with Gasteiger partial charge < -0.3 is 30.7 Å². The molecule has 0 aliphatic rings. The lowest BCUT2D eigenvalue weighted by atomic mass is 9.95. The average molecular weight is 591 g/mol. The van der Waals surface area contributed by atoms with Gasteiger partial charge in [0.25, 0.3) is 0 Å². The van der Waals surface area contributed by atoms with E-state index in [1.807, 2.05) is 26.0 Å². The van der Waals surface area contributed by atoms with Gasteiger partial charge in [-0.15, -0.1) is 0 Å². The Morgan fingerprint density at radius 3 is 2.24 bits per heavy atom. The van der Waals surface area contributed by atoms with Gasteiger partial charge in [0.2, 0.25) is 17.7 Å². The highest BCUT2D eigenvalue weighted by molar-refractivity contribution is 5.94. The molecule has 1 aromatic carbocycles. The first-order chi connectivity index (χ1) is 19.7. The number of carbonyl (C=O) groups is 5. The van der Waals surface area contributed by atoms with Gasteiger partial charge >= 0.3 is 12.1 Å². The fourth-order valence-corrected chi connectivity index (χ4v) is 4.50. The Kier molecular flexibility index (Phi) is 15.6. The third kappa shape index (κ3) is 13.4. The molecule has 2 atom stereocenters. The fourth-order valence-electron chi connectivity index (χ4n) is 4.50. The minimum absolute atomic E-state index is 0.0124. The number of esters is 1. The van der Waals surface area contributed by atoms with Crippen molar-refractivity contribution in [1.29, 1.82) is 0 Å². The molecule has 0 saturated carbocycles. The van der Waals surface area contributed by atoms with Crippen molar-refractivity contribution in [2.24, 2.45) is 5.73 Å². The molecule has 4 amide bonds. The first kappa shape index (κ1) is 36.4. The van der Waals surface area contributed by atoms with Crippen molar-refractivity contribution in [1.82, 2.24) is 15.5 Å². The molecule has 0 bridgehead atoms. The summed E-state index contributed by atoms with van der Waals surface area (Å²) in [5, 5.41) is 5.26. The van der Waals surface area contributed by atoms with E-state index in [9.17, 15) is 24.0 Å². The summed E-state index contributed by atoms with van der Waals surface area (Å²) >= 11 is 0. The SMILES string of the molecule is CCCCCCCN(C(=O)C(CC(N)=O)NC(=O)OC(C)(C)C)C(C(=O)NCCC(=O)OCC)c1ccc(C)cc1C. The van der Waals surface area contributed by atoms with E-state index in [1.165, 1.54) is 4.90 Å². The molecule has 2 unspecified atom stereocenters. The quantitative estimate of drug-likeness (QED) is 0.183. The second-order valence-electron chi connectivity index (χ2n) is 11.4. The van der Waals surface area contributed by atoms with Gasteiger partial charge in [0.1, 0.15) is 17.7 Å². The number of primary amides is 1. The molecule has 0 spiro atoms. The third-order valence-electron chi connectivity index (χ3n) is 6.39. The van der Waals surface area contributed by atoms with Crippen LogP contribution in [0.5, 0.6) is 0 Å². The zero-order valence-corrected chi connectivity index (χ0v) is 26.3. The molecule has 0 aliphatic heterocycles. The predicted octanol–water partition coefficient (Wildman–Crippen LogP) is 3.98. The van der Waals surface area contributed by atoms with Gasteiger partial charge in [-0.1, -0.05) is 56.4 Å². The summed E-state index contributed by atoms with van der Waals surface area (Å²) in [6.45, 7) is 13.0. The number of nitrogens with two attached hydrogens (primary N) is 1. The number of aryl methyl sites for hydroxylation is 2. The highest BCUT2D eigenvalue weighted by atomic mass is 16.6. The number of hydrogen-bond donors (Lipinski definition) is 3. The lowest BCUT2D eigenvalue weighted by Crippen LogP contribution is -2.54. The molecule has 0 fully saturated rings. The Hall–Kier alpha value is -3.63. The molecule has 0 heterocycles. The number of nitrogens with one attached hydrogen (secondary N) is 2. The Labute approximate surface area is 250 Å². The molecule has 4 N–H and O–H groups in total. The molecule has 11 heteroatoms. The van der Waals surface area contributed by atoms with E-state index in [0.717, 1.165) is 36.8 Å². The number of hydrogen-bond acceptors (Lipinski definition) is 7. The van der Waals surface area contributed by atoms with Crippen LogP contribution in [0, 0.1) is 13.8 Å². The molecule has 0 saturated heterocycles. The summed E-state index contributed by atoms with van der Waals surface area (Å²) in [6, 6.07) is 3.11. The van der Waals surface area contributed by atoms with Gasteiger partial charge in [-0.05, 0) is 59.1 Å². The predicted molar refractivity (Wildman–Crippen MR) is 160 cm³/mol. The number of unbranched alkanes of at least 4 members (excludes halogenated alkanes) is 4. The van der Waals surface area contributed by atoms with E-state index < -0.39 is 53.9 Å². The van der Waals surface area contributed by atoms with Gasteiger partial charge in [0.15, 0.2) is 0 Å². The van der Waals surface area contributed by atoms with Crippen LogP contribution >= 0.6 is 0 Å². The molecular weight excluding hydrogens is 540 g/mol. The first-order valence-corrected chi connectivity index (χ1v) is 14.8. The first-order valence-electron chi connectivity index (χ1n) is 14.8. The van der Waals surface area contributed by atoms with Gasteiger partial charge in [-0.2, -0.15) is 0 Å². The largest absolute Gasteiger partial charge is 0.466 e. The fraction of sp³-hybridized carbons (Fsp3) is 0.645. The molecule has 236 valence electrons. The van der Waals surface area contributed by atoms with Gasteiger partial charge in [-0.25, -0.2) is 4.79 Å². The molecule has 11 nitrogen and oxygen atoms in total. The van der Waals surface area contributed by atoms with Crippen LogP contribution in [0.4, 0.5) is 4.79 Å². The second-order valence-corrected chi connectivity index (χ2v) is 11.4. The van der Waals surface area contributed by atoms with E-state index in [2.05, 4.69) is 17.6 Å². The maximum atomic E-state index is 14.2. The van der Waals surface area contributed by atoms with Crippen LogP contribution in [0.3, 0.4) is 0 Å². The van der Waals surface area contributed by atoms with Crippen LogP contribution in [-0.4, -0.2) is 66.0 Å². The van der Waals surface area contributed by atoms with E-state index in [-0.39, 0.29) is 26.1 Å². The zero-order chi connectivity index (χ0) is 31.9. The van der Waals surface area contributed by atoms with Crippen molar-refractivity contribution in [2.75, 3.05) is 19.7 Å². The summed E-state index contributed by atoms with van der Waals surface area (Å²) in [6.07, 6.45) is 3.06. The molecule has 42 heavy (non-hydrogen) atoms. The van der Waals surface area contributed by atoms with Crippen LogP contribution in [0.2, 0.25) is 0 Å². The van der Waals surface area contributed by atoms with Crippen LogP contribution < -0.4 is 16.4 Å². The number of amides is 4. The maximum Gasteiger partial charge on any atom is 0.408 e. The molecule has 0 aromatic heterocycles. The number of ether oxygens (including phenoxy) is 2. The smallest absolute Gasteiger partial charge is 0.408 e. The Bertz CT molecular complexity index is 1070. The minimum atomic E-state index is -1.35. The zero-order valence-electron chi connectivity index (χ0n) is 26.3. The second kappa shape index (κ2) is 18.0. The van der Waals surface area contributed by atoms with Crippen molar-refractivity contribution in [2.45, 2.75) is 111 Å². The molecule has 1 rings (SSSR count). The van der Waals surface area contributed by atoms with Crippen LogP contribution in [-0.2, 0) is 28.7 Å². The lowest BCUT2D eigenvalue weighted by molar-refractivity contribution is -0.144. The Morgan fingerprint density at radius 2 is 1.67 bits per heavy atom. The molecular formula is C31H50N4O7. The van der Waals surface area contributed by atoms with E-state index >= 15 is 0 Å². The van der Waals surface area contributed by atoms with Gasteiger partial charge in [-0.3, -0.25) is 19.2 Å². The monoisotopic (exact) mass is 590 g/mol. The molecule has 1 aromatic rings. The number of benzene rings is 1. The van der Waals surface area contributed by atoms with Crippen LogP contribution in [0.1, 0.15) is 102 Å². The topological polar surface area (TPSA) is 157 Å². The summed E-state index contributed by atoms with van der Waals surface area (Å²) in [7, 11) is 0. The Morgan fingerprint density at radius 1 is 1.00 bits per heavy atom. The molecule has 0 aliphatic carbocycles. The number of alkyl carbamates (subject to hydrolysis) is 1. The van der Waals surface area contributed by atoms with Gasteiger partial charge in [0, 0.05) is 13.1 Å². The highest BCUT2D eigenvalue weighted by Gasteiger charge is 2.37. The maximum absolute atomic E-state index is 14.2. The van der Waals surface area contributed by atoms with Crippen molar-refractivity contribution in [3.05, 3.63) is 34.9 Å². The van der Waals surface area contributed by atoms with Gasteiger partial charge in [0.05, 0.1) is 19.4 Å². The van der Waals surface area contributed by atoms with Crippen LogP contribution in [0.25, 0.3) is 0 Å². The van der Waals surface area contributed by atoms with Crippen LogP contribution in [0.15, 0.2) is 18.2 Å². The van der Waals surface area contributed by atoms with E-state index in [0.29, 0.717) is 12.0 Å². The number of carbonyl (C=O) groups excluding carboxylic acids is 5. The van der Waals surface area contributed by atoms with E-state index in [1.54, 1.807) is 33.8 Å². The minimum Gasteiger partial charge on any atom is -0.466 e. The van der Waals surface area contributed by atoms with Crippen molar-refractivity contribution < 1.29 is 33.4 Å². The standard InChI is InChI=1S/C31H50N4O7/c1-8-10-11-12-13-18-35(29(39)24(20-25(32)36)34-30(40)42-31(5,6)7)27(23-15-14-21(3)19-22(23)4)28(38)33-17-16-26(37)41-9-2/h14-15,19,24,27H,8-13,16-18,20H2,1-7H3,(H2,32,36)(H,33,38)(H,34,40). The summed E-state index contributed by atoms with van der Waals surface area (Å²) < 4.78 is 10.3. The number of nitrogens with zero attached hydrogens (tertiary/aromatic N) is 1. The highest BCUT2D eigenvalue weighted by Crippen LogP contribution is 2.27. The third-order valence-corrected chi connectivity index (χ3v) is 6.39. The average Bonchev–Trinajstić information content (AvgIpc) is 2.86.